The Hall–Kier alpha value is -2.38. The predicted molar refractivity (Wildman–Crippen MR) is 133 cm³/mol. The maximum absolute atomic E-state index is 12.5. The van der Waals surface area contributed by atoms with Gasteiger partial charge in [0, 0.05) is 27.2 Å². The Kier molecular flexibility index (Phi) is 10.5. The molecule has 0 spiro atoms. The van der Waals surface area contributed by atoms with Crippen LogP contribution in [-0.4, -0.2) is 134 Å². The Balaban J connectivity index is 1.91. The zero-order valence-electron chi connectivity index (χ0n) is 22.2. The zero-order valence-corrected chi connectivity index (χ0v) is 23.0. The lowest BCUT2D eigenvalue weighted by Gasteiger charge is -2.47. The van der Waals surface area contributed by atoms with Gasteiger partial charge in [0.05, 0.1) is 30.4 Å². The number of fused-ring (bicyclic) bond motifs is 1. The number of aliphatic hydroxyl groups excluding tert-OH is 4. The van der Waals surface area contributed by atoms with Crippen LogP contribution >= 0.6 is 11.8 Å². The van der Waals surface area contributed by atoms with E-state index in [1.54, 1.807) is 6.92 Å². The second kappa shape index (κ2) is 13.1. The van der Waals surface area contributed by atoms with Gasteiger partial charge in [-0.15, -0.1) is 0 Å². The van der Waals surface area contributed by atoms with E-state index in [1.807, 2.05) is 0 Å². The fraction of sp³-hybridized carbons (Fsp3) is 0.783. The minimum Gasteiger partial charge on any atom is -0.477 e. The quantitative estimate of drug-likeness (QED) is 0.141. The molecule has 0 unspecified atom stereocenters. The molecule has 0 bridgehead atoms. The SMILES string of the molecule is CC(=O)N[C@H]1[C@H]([C@H](O)[C@H](O)CO)O[C@@](OC[C@H]2O[C@@H]3SC(C)=N[C@@H]3[C@@H](OC(C)=O)[C@H]2OC(C)=O)(C(=O)O)C[C@@H]1O. The van der Waals surface area contributed by atoms with E-state index in [9.17, 15) is 44.7 Å². The van der Waals surface area contributed by atoms with Crippen LogP contribution in [0.4, 0.5) is 0 Å². The third-order valence-corrected chi connectivity index (χ3v) is 7.57. The number of amides is 1. The van der Waals surface area contributed by atoms with E-state index < -0.39 is 109 Å². The highest BCUT2D eigenvalue weighted by atomic mass is 32.2. The zero-order chi connectivity index (χ0) is 29.9. The van der Waals surface area contributed by atoms with Gasteiger partial charge < -0.3 is 54.5 Å². The summed E-state index contributed by atoms with van der Waals surface area (Å²) in [6, 6.07) is -2.11. The summed E-state index contributed by atoms with van der Waals surface area (Å²) < 4.78 is 28.1. The Morgan fingerprint density at radius 3 is 2.33 bits per heavy atom. The van der Waals surface area contributed by atoms with Gasteiger partial charge in [0.25, 0.3) is 5.79 Å². The molecule has 11 atom stereocenters. The van der Waals surface area contributed by atoms with E-state index in [1.165, 1.54) is 11.8 Å². The molecule has 0 aromatic heterocycles. The lowest BCUT2D eigenvalue weighted by Crippen LogP contribution is -2.68. The van der Waals surface area contributed by atoms with Crippen molar-refractivity contribution in [3.8, 4) is 0 Å². The molecule has 2 fully saturated rings. The number of aliphatic carboxylic acids is 1. The molecule has 0 aliphatic carbocycles. The number of hydrogen-bond donors (Lipinski definition) is 6. The lowest BCUT2D eigenvalue weighted by atomic mass is 9.88. The molecule has 17 heteroatoms. The largest absolute Gasteiger partial charge is 0.477 e. The van der Waals surface area contributed by atoms with Crippen molar-refractivity contribution in [1.29, 1.82) is 0 Å². The van der Waals surface area contributed by atoms with Crippen molar-refractivity contribution < 1.29 is 68.4 Å². The van der Waals surface area contributed by atoms with Gasteiger partial charge in [-0.1, -0.05) is 11.8 Å². The van der Waals surface area contributed by atoms with Crippen molar-refractivity contribution in [2.75, 3.05) is 13.2 Å². The van der Waals surface area contributed by atoms with Crippen LogP contribution in [0.3, 0.4) is 0 Å². The molecule has 2 saturated heterocycles. The summed E-state index contributed by atoms with van der Waals surface area (Å²) in [6.07, 6.45) is -11.5. The Bertz CT molecular complexity index is 1010. The van der Waals surface area contributed by atoms with E-state index in [2.05, 4.69) is 10.3 Å². The smallest absolute Gasteiger partial charge is 0.364 e. The van der Waals surface area contributed by atoms with E-state index in [0.717, 1.165) is 20.8 Å². The standard InChI is InChI=1S/C23H34N2O14S/c1-8(27)24-15-12(30)5-23(22(33)34,39-19(15)17(32)13(31)6-26)35-7-14-18(36-10(3)28)20(37-11(4)29)16-21(38-14)40-9(2)25-16/h12-21,26,30-32H,5-7H2,1-4H3,(H,24,27)(H,33,34)/t12-,13+,14+,15+,16+,17+,18-,19+,20+,21+,23+/m0/s1. The van der Waals surface area contributed by atoms with Crippen LogP contribution in [0.15, 0.2) is 4.99 Å². The van der Waals surface area contributed by atoms with Crippen molar-refractivity contribution in [3.63, 3.8) is 0 Å². The summed E-state index contributed by atoms with van der Waals surface area (Å²) in [7, 11) is 0. The molecule has 16 nitrogen and oxygen atoms in total. The van der Waals surface area contributed by atoms with E-state index in [-0.39, 0.29) is 0 Å². The second-order valence-corrected chi connectivity index (χ2v) is 10.9. The summed E-state index contributed by atoms with van der Waals surface area (Å²) >= 11 is 1.22. The molecular formula is C23H34N2O14S. The third kappa shape index (κ3) is 7.09. The normalized spacial score (nSPS) is 37.0. The van der Waals surface area contributed by atoms with Gasteiger partial charge in [-0.05, 0) is 6.92 Å². The van der Waals surface area contributed by atoms with Gasteiger partial charge in [-0.25, -0.2) is 4.79 Å². The fourth-order valence-electron chi connectivity index (χ4n) is 4.82. The average Bonchev–Trinajstić information content (AvgIpc) is 3.23. The summed E-state index contributed by atoms with van der Waals surface area (Å²) in [4.78, 5) is 52.4. The van der Waals surface area contributed by atoms with Crippen LogP contribution in [-0.2, 0) is 42.9 Å². The number of aliphatic hydroxyl groups is 4. The van der Waals surface area contributed by atoms with Crippen LogP contribution in [0.25, 0.3) is 0 Å². The lowest BCUT2D eigenvalue weighted by molar-refractivity contribution is -0.320. The number of carboxylic acid groups (broad SMARTS) is 1. The monoisotopic (exact) mass is 594 g/mol. The van der Waals surface area contributed by atoms with Gasteiger partial charge in [0.1, 0.15) is 35.9 Å². The molecule has 0 saturated carbocycles. The van der Waals surface area contributed by atoms with Gasteiger partial charge in [-0.2, -0.15) is 0 Å². The first-order valence-corrected chi connectivity index (χ1v) is 13.2. The highest BCUT2D eigenvalue weighted by Gasteiger charge is 2.58. The van der Waals surface area contributed by atoms with E-state index in [4.69, 9.17) is 23.7 Å². The summed E-state index contributed by atoms with van der Waals surface area (Å²) in [5, 5.41) is 53.7. The number of esters is 2. The van der Waals surface area contributed by atoms with Crippen LogP contribution in [0.2, 0.25) is 0 Å². The number of nitrogens with zero attached hydrogens (tertiary/aromatic N) is 1. The first-order valence-electron chi connectivity index (χ1n) is 12.4. The number of carbonyl (C=O) groups is 4. The van der Waals surface area contributed by atoms with E-state index in [0.29, 0.717) is 5.04 Å². The average molecular weight is 595 g/mol. The molecule has 40 heavy (non-hydrogen) atoms. The molecule has 3 heterocycles. The maximum Gasteiger partial charge on any atom is 0.364 e. The first kappa shape index (κ1) is 32.1. The molecule has 3 aliphatic rings. The predicted octanol–water partition coefficient (Wildman–Crippen LogP) is -2.73. The van der Waals surface area contributed by atoms with Crippen LogP contribution < -0.4 is 5.32 Å². The number of carboxylic acids is 1. The highest BCUT2D eigenvalue weighted by Crippen LogP contribution is 2.40. The molecule has 1 amide bonds. The summed E-state index contributed by atoms with van der Waals surface area (Å²) in [5.74, 6) is -6.47. The van der Waals surface area contributed by atoms with Gasteiger partial charge in [0.15, 0.2) is 12.2 Å². The Morgan fingerprint density at radius 2 is 1.77 bits per heavy atom. The van der Waals surface area contributed by atoms with Crippen LogP contribution in [0.5, 0.6) is 0 Å². The summed E-state index contributed by atoms with van der Waals surface area (Å²) in [6.45, 7) is 3.53. The minimum absolute atomic E-state index is 0.610. The highest BCUT2D eigenvalue weighted by molar-refractivity contribution is 8.14. The molecule has 6 N–H and O–H groups in total. The van der Waals surface area contributed by atoms with Crippen molar-refractivity contribution in [1.82, 2.24) is 5.32 Å². The Labute approximate surface area is 233 Å². The third-order valence-electron chi connectivity index (χ3n) is 6.50. The van der Waals surface area contributed by atoms with Crippen LogP contribution in [0.1, 0.15) is 34.1 Å². The molecule has 0 aromatic carbocycles. The van der Waals surface area contributed by atoms with Crippen molar-refractivity contribution >= 4 is 40.6 Å². The number of hydrogen-bond acceptors (Lipinski definition) is 15. The summed E-state index contributed by atoms with van der Waals surface area (Å²) in [5.41, 5.74) is -0.693. The fourth-order valence-corrected chi connectivity index (χ4v) is 5.89. The van der Waals surface area contributed by atoms with Crippen LogP contribution in [0, 0.1) is 0 Å². The number of carbonyl (C=O) groups excluding carboxylic acids is 3. The molecule has 0 aromatic rings. The first-order chi connectivity index (χ1) is 18.7. The number of nitrogens with one attached hydrogen (secondary N) is 1. The van der Waals surface area contributed by atoms with E-state index >= 15 is 0 Å². The topological polar surface area (TPSA) is 240 Å². The maximum atomic E-state index is 12.5. The minimum atomic E-state index is -2.65. The molecule has 0 radical (unpaired) electrons. The molecule has 226 valence electrons. The molecular weight excluding hydrogens is 560 g/mol. The second-order valence-electron chi connectivity index (χ2n) is 9.64. The van der Waals surface area contributed by atoms with Gasteiger partial charge in [0.2, 0.25) is 5.91 Å². The molecule has 3 rings (SSSR count). The van der Waals surface area contributed by atoms with Crippen molar-refractivity contribution in [2.24, 2.45) is 4.99 Å². The van der Waals surface area contributed by atoms with Crippen molar-refractivity contribution in [2.45, 2.75) is 100 Å². The van der Waals surface area contributed by atoms with Gasteiger partial charge in [-0.3, -0.25) is 19.4 Å². The van der Waals surface area contributed by atoms with Crippen molar-refractivity contribution in [3.05, 3.63) is 0 Å². The number of thioether (sulfide) groups is 1. The molecule has 3 aliphatic heterocycles. The number of ether oxygens (including phenoxy) is 5. The number of aliphatic imine (C=N–C) groups is 1. The Morgan fingerprint density at radius 1 is 1.15 bits per heavy atom. The number of rotatable bonds is 10. The van der Waals surface area contributed by atoms with Gasteiger partial charge >= 0.3 is 17.9 Å².